The lowest BCUT2D eigenvalue weighted by Crippen LogP contribution is -2.19. The van der Waals surface area contributed by atoms with Crippen molar-refractivity contribution in [1.29, 1.82) is 0 Å². The molecule has 20 heavy (non-hydrogen) atoms. The lowest BCUT2D eigenvalue weighted by atomic mass is 10.0. The van der Waals surface area contributed by atoms with Crippen molar-refractivity contribution in [2.45, 2.75) is 85.1 Å². The van der Waals surface area contributed by atoms with Crippen LogP contribution in [0.1, 0.15) is 76.3 Å². The van der Waals surface area contributed by atoms with Crippen LogP contribution in [-0.2, 0) is 0 Å². The minimum atomic E-state index is 0.648. The smallest absolute Gasteiger partial charge is 0.0347 e. The summed E-state index contributed by atoms with van der Waals surface area (Å²) in [6.45, 7) is 8.93. The quantitative estimate of drug-likeness (QED) is 0.498. The molecule has 0 aromatic heterocycles. The fourth-order valence-corrected chi connectivity index (χ4v) is 2.86. The third-order valence-electron chi connectivity index (χ3n) is 3.90. The number of unbranched alkanes of at least 4 members (excludes halogenated alkanes) is 4. The van der Waals surface area contributed by atoms with Crippen LogP contribution in [0.2, 0.25) is 0 Å². The second-order valence-electron chi connectivity index (χ2n) is 6.21. The van der Waals surface area contributed by atoms with E-state index in [4.69, 9.17) is 0 Å². The molecule has 0 saturated carbocycles. The molecule has 0 aliphatic heterocycles. The Kier molecular flexibility index (Phi) is 8.41. The number of nitrogens with one attached hydrogen (secondary N) is 1. The summed E-state index contributed by atoms with van der Waals surface area (Å²) in [5.41, 5.74) is 4.02. The molecule has 1 N–H and O–H groups in total. The number of hydrogen-bond acceptors (Lipinski definition) is 1. The van der Waals surface area contributed by atoms with Crippen LogP contribution in [0.3, 0.4) is 0 Å². The van der Waals surface area contributed by atoms with Crippen LogP contribution >= 0.6 is 0 Å². The minimum absolute atomic E-state index is 0.648. The second-order valence-corrected chi connectivity index (χ2v) is 6.21. The van der Waals surface area contributed by atoms with E-state index < -0.39 is 0 Å². The molecule has 0 saturated heterocycles. The largest absolute Gasteiger partial charge is 0.382 e. The van der Waals surface area contributed by atoms with Crippen LogP contribution in [0.25, 0.3) is 0 Å². The summed E-state index contributed by atoms with van der Waals surface area (Å²) >= 11 is 0. The standard InChI is InChI=1S/C19H33N/c1-5-7-9-11-18(12-10-8-6-2)20-19-14-16(3)13-17(4)15-19/h13-15,18,20H,5-12H2,1-4H3. The molecule has 1 nitrogen and oxygen atoms in total. The summed E-state index contributed by atoms with van der Waals surface area (Å²) in [5.74, 6) is 0. The molecule has 0 unspecified atom stereocenters. The molecular weight excluding hydrogens is 242 g/mol. The Bertz CT molecular complexity index is 340. The third kappa shape index (κ3) is 6.98. The first-order valence-electron chi connectivity index (χ1n) is 8.50. The molecule has 114 valence electrons. The van der Waals surface area contributed by atoms with Crippen LogP contribution < -0.4 is 5.32 Å². The normalized spacial score (nSPS) is 11.1. The van der Waals surface area contributed by atoms with Gasteiger partial charge in [-0.25, -0.2) is 0 Å². The topological polar surface area (TPSA) is 12.0 Å². The summed E-state index contributed by atoms with van der Waals surface area (Å²) < 4.78 is 0. The molecule has 0 spiro atoms. The maximum Gasteiger partial charge on any atom is 0.0347 e. The van der Waals surface area contributed by atoms with Crippen molar-refractivity contribution in [3.05, 3.63) is 29.3 Å². The zero-order chi connectivity index (χ0) is 14.8. The van der Waals surface area contributed by atoms with Crippen LogP contribution in [-0.4, -0.2) is 6.04 Å². The summed E-state index contributed by atoms with van der Waals surface area (Å²) in [5, 5.41) is 3.78. The Hall–Kier alpha value is -0.980. The van der Waals surface area contributed by atoms with Gasteiger partial charge in [-0.15, -0.1) is 0 Å². The summed E-state index contributed by atoms with van der Waals surface area (Å²) in [6.07, 6.45) is 10.7. The molecule has 0 heterocycles. The van der Waals surface area contributed by atoms with Gasteiger partial charge in [0.1, 0.15) is 0 Å². The Morgan fingerprint density at radius 2 is 1.30 bits per heavy atom. The average molecular weight is 275 g/mol. The lowest BCUT2D eigenvalue weighted by Gasteiger charge is -2.20. The van der Waals surface area contributed by atoms with Gasteiger partial charge in [-0.1, -0.05) is 58.4 Å². The van der Waals surface area contributed by atoms with Crippen LogP contribution in [0.5, 0.6) is 0 Å². The first-order valence-corrected chi connectivity index (χ1v) is 8.50. The second kappa shape index (κ2) is 9.85. The molecular formula is C19H33N. The predicted molar refractivity (Wildman–Crippen MR) is 91.6 cm³/mol. The van der Waals surface area contributed by atoms with Crippen molar-refractivity contribution in [2.24, 2.45) is 0 Å². The van der Waals surface area contributed by atoms with Crippen molar-refractivity contribution < 1.29 is 0 Å². The molecule has 1 aromatic rings. The maximum atomic E-state index is 3.78. The van der Waals surface area contributed by atoms with Crippen LogP contribution in [0, 0.1) is 13.8 Å². The summed E-state index contributed by atoms with van der Waals surface area (Å²) in [6, 6.07) is 7.45. The monoisotopic (exact) mass is 275 g/mol. The van der Waals surface area contributed by atoms with E-state index in [-0.39, 0.29) is 0 Å². The van der Waals surface area contributed by atoms with E-state index in [0.29, 0.717) is 6.04 Å². The summed E-state index contributed by atoms with van der Waals surface area (Å²) in [7, 11) is 0. The van der Waals surface area contributed by atoms with E-state index >= 15 is 0 Å². The molecule has 1 heteroatoms. The number of hydrogen-bond donors (Lipinski definition) is 1. The molecule has 0 radical (unpaired) electrons. The Balaban J connectivity index is 2.56. The molecule has 0 aliphatic carbocycles. The van der Waals surface area contributed by atoms with Crippen molar-refractivity contribution >= 4 is 5.69 Å². The predicted octanol–water partition coefficient (Wildman–Crippen LogP) is 6.24. The molecule has 0 bridgehead atoms. The van der Waals surface area contributed by atoms with Crippen molar-refractivity contribution in [3.63, 3.8) is 0 Å². The molecule has 0 amide bonds. The Morgan fingerprint density at radius 1 is 0.800 bits per heavy atom. The van der Waals surface area contributed by atoms with Gasteiger partial charge < -0.3 is 5.32 Å². The molecule has 1 aromatic carbocycles. The summed E-state index contributed by atoms with van der Waals surface area (Å²) in [4.78, 5) is 0. The van der Waals surface area contributed by atoms with Gasteiger partial charge in [0.2, 0.25) is 0 Å². The zero-order valence-corrected chi connectivity index (χ0v) is 14.0. The van der Waals surface area contributed by atoms with Crippen LogP contribution in [0.15, 0.2) is 18.2 Å². The number of benzene rings is 1. The van der Waals surface area contributed by atoms with Gasteiger partial charge in [0, 0.05) is 11.7 Å². The highest BCUT2D eigenvalue weighted by Gasteiger charge is 2.08. The van der Waals surface area contributed by atoms with Gasteiger partial charge in [-0.2, -0.15) is 0 Å². The Labute approximate surface area is 126 Å². The fraction of sp³-hybridized carbons (Fsp3) is 0.684. The lowest BCUT2D eigenvalue weighted by molar-refractivity contribution is 0.526. The van der Waals surface area contributed by atoms with E-state index in [2.05, 4.69) is 51.2 Å². The first kappa shape index (κ1) is 17.1. The van der Waals surface area contributed by atoms with E-state index in [1.807, 2.05) is 0 Å². The van der Waals surface area contributed by atoms with Gasteiger partial charge in [0.05, 0.1) is 0 Å². The van der Waals surface area contributed by atoms with Gasteiger partial charge in [-0.05, 0) is 49.9 Å². The van der Waals surface area contributed by atoms with E-state index in [1.54, 1.807) is 0 Å². The van der Waals surface area contributed by atoms with E-state index in [9.17, 15) is 0 Å². The number of aryl methyl sites for hydroxylation is 2. The van der Waals surface area contributed by atoms with E-state index in [0.717, 1.165) is 0 Å². The highest BCUT2D eigenvalue weighted by Crippen LogP contribution is 2.19. The number of anilines is 1. The SMILES string of the molecule is CCCCCC(CCCCC)Nc1cc(C)cc(C)c1. The van der Waals surface area contributed by atoms with Gasteiger partial charge in [-0.3, -0.25) is 0 Å². The maximum absolute atomic E-state index is 3.78. The van der Waals surface area contributed by atoms with Gasteiger partial charge in [0.25, 0.3) is 0 Å². The van der Waals surface area contributed by atoms with Gasteiger partial charge in [0.15, 0.2) is 0 Å². The number of rotatable bonds is 10. The average Bonchev–Trinajstić information content (AvgIpc) is 2.38. The minimum Gasteiger partial charge on any atom is -0.382 e. The van der Waals surface area contributed by atoms with Crippen molar-refractivity contribution in [3.8, 4) is 0 Å². The fourth-order valence-electron chi connectivity index (χ4n) is 2.86. The molecule has 0 aliphatic rings. The Morgan fingerprint density at radius 3 is 1.75 bits per heavy atom. The highest BCUT2D eigenvalue weighted by atomic mass is 14.9. The highest BCUT2D eigenvalue weighted by molar-refractivity contribution is 5.49. The molecule has 0 fully saturated rings. The van der Waals surface area contributed by atoms with Gasteiger partial charge >= 0.3 is 0 Å². The van der Waals surface area contributed by atoms with E-state index in [1.165, 1.54) is 68.2 Å². The first-order chi connectivity index (χ1) is 9.65. The van der Waals surface area contributed by atoms with Crippen molar-refractivity contribution in [1.82, 2.24) is 0 Å². The molecule has 0 atom stereocenters. The van der Waals surface area contributed by atoms with Crippen LogP contribution in [0.4, 0.5) is 5.69 Å². The zero-order valence-electron chi connectivity index (χ0n) is 14.0. The van der Waals surface area contributed by atoms with Crippen molar-refractivity contribution in [2.75, 3.05) is 5.32 Å². The molecule has 1 rings (SSSR count). The third-order valence-corrected chi connectivity index (χ3v) is 3.90.